The summed E-state index contributed by atoms with van der Waals surface area (Å²) >= 11 is 0. The molecule has 1 aliphatic heterocycles. The second-order valence-electron chi connectivity index (χ2n) is 9.23. The number of benzene rings is 3. The smallest absolute Gasteiger partial charge is 0.384 e. The van der Waals surface area contributed by atoms with Gasteiger partial charge in [0, 0.05) is 16.7 Å². The van der Waals surface area contributed by atoms with Gasteiger partial charge in [-0.15, -0.1) is 5.10 Å². The van der Waals surface area contributed by atoms with Crippen LogP contribution in [0, 0.1) is 11.2 Å². The van der Waals surface area contributed by atoms with E-state index >= 15 is 4.39 Å². The lowest BCUT2D eigenvalue weighted by molar-refractivity contribution is -0.140. The third-order valence-electron chi connectivity index (χ3n) is 6.38. The van der Waals surface area contributed by atoms with E-state index in [-0.39, 0.29) is 17.1 Å². The van der Waals surface area contributed by atoms with E-state index in [9.17, 15) is 26.4 Å². The summed E-state index contributed by atoms with van der Waals surface area (Å²) in [4.78, 5) is 17.7. The van der Waals surface area contributed by atoms with Crippen LogP contribution in [0.2, 0.25) is 0 Å². The molecule has 0 spiro atoms. The Morgan fingerprint density at radius 1 is 1.09 bits per heavy atom. The Bertz CT molecular complexity index is 1850. The highest BCUT2D eigenvalue weighted by Crippen LogP contribution is 2.40. The molecule has 1 aromatic heterocycles. The van der Waals surface area contributed by atoms with Gasteiger partial charge in [-0.2, -0.15) is 13.2 Å². The second-order valence-corrected chi connectivity index (χ2v) is 11.1. The van der Waals surface area contributed by atoms with Gasteiger partial charge < -0.3 is 11.1 Å². The van der Waals surface area contributed by atoms with Gasteiger partial charge in [0.2, 0.25) is 5.60 Å². The Labute approximate surface area is 240 Å². The molecule has 0 bridgehead atoms. The summed E-state index contributed by atoms with van der Waals surface area (Å²) in [5, 5.41) is 20.5. The van der Waals surface area contributed by atoms with Gasteiger partial charge in [-0.3, -0.25) is 20.5 Å². The fraction of sp³-hybridized carbons (Fsp3) is 0.115. The first kappa shape index (κ1) is 29.3. The number of aromatic nitrogens is 4. The number of rotatable bonds is 8. The summed E-state index contributed by atoms with van der Waals surface area (Å²) in [5.41, 5.74) is -0.0959. The highest BCUT2D eigenvalue weighted by molar-refractivity contribution is 7.92. The Morgan fingerprint density at radius 2 is 1.81 bits per heavy atom. The number of hydroxylamine groups is 1. The number of sulfone groups is 1. The molecule has 222 valence electrons. The number of amides is 1. The molecule has 1 amide bonds. The molecule has 3 aromatic carbocycles. The van der Waals surface area contributed by atoms with Crippen molar-refractivity contribution in [1.82, 2.24) is 25.7 Å². The zero-order chi connectivity index (χ0) is 31.0. The third kappa shape index (κ3) is 5.54. The standard InChI is InChI=1S/C26H20F4N8O4S/c27-21-19(10-9-18(15-5-2-1-3-6-15)22(21)43(40,41)26(28,29)30)34-24(39)25(13-38-14-33-36-37-38)12-20(35-42-25)16-7-4-8-17(11-16)23(31)32/h1-12,14,35H,13H2,(H3,31,32)(H,34,39). The van der Waals surface area contributed by atoms with E-state index in [1.807, 2.05) is 0 Å². The van der Waals surface area contributed by atoms with Gasteiger partial charge in [0.25, 0.3) is 15.7 Å². The van der Waals surface area contributed by atoms with Crippen molar-refractivity contribution in [2.24, 2.45) is 5.73 Å². The van der Waals surface area contributed by atoms with Gasteiger partial charge in [0.1, 0.15) is 17.1 Å². The van der Waals surface area contributed by atoms with Crippen LogP contribution in [-0.4, -0.2) is 51.5 Å². The summed E-state index contributed by atoms with van der Waals surface area (Å²) in [5.74, 6) is -3.15. The molecule has 2 heterocycles. The number of tetrazole rings is 1. The molecule has 0 aliphatic carbocycles. The van der Waals surface area contributed by atoms with Crippen molar-refractivity contribution in [3.05, 3.63) is 96.1 Å². The summed E-state index contributed by atoms with van der Waals surface area (Å²) in [6.45, 7) is -0.397. The van der Waals surface area contributed by atoms with Gasteiger partial charge in [-0.1, -0.05) is 54.6 Å². The second kappa shape index (κ2) is 10.9. The fourth-order valence-electron chi connectivity index (χ4n) is 4.29. The average molecular weight is 617 g/mol. The van der Waals surface area contributed by atoms with Crippen molar-refractivity contribution >= 4 is 33.0 Å². The Kier molecular flexibility index (Phi) is 7.45. The molecule has 0 saturated carbocycles. The average Bonchev–Trinajstić information content (AvgIpc) is 3.65. The molecule has 4 aromatic rings. The molecule has 17 heteroatoms. The van der Waals surface area contributed by atoms with Crippen LogP contribution in [-0.2, 0) is 26.0 Å². The lowest BCUT2D eigenvalue weighted by Crippen LogP contribution is -2.47. The van der Waals surface area contributed by atoms with E-state index in [1.54, 1.807) is 24.3 Å². The normalized spacial score (nSPS) is 16.8. The van der Waals surface area contributed by atoms with Crippen molar-refractivity contribution in [2.45, 2.75) is 22.5 Å². The first-order valence-electron chi connectivity index (χ1n) is 12.2. The van der Waals surface area contributed by atoms with Crippen LogP contribution in [0.25, 0.3) is 16.8 Å². The minimum Gasteiger partial charge on any atom is -0.384 e. The predicted octanol–water partition coefficient (Wildman–Crippen LogP) is 3.01. The van der Waals surface area contributed by atoms with Gasteiger partial charge >= 0.3 is 5.51 Å². The van der Waals surface area contributed by atoms with E-state index in [4.69, 9.17) is 16.0 Å². The highest BCUT2D eigenvalue weighted by atomic mass is 32.2. The number of anilines is 1. The number of hydrogen-bond donors (Lipinski definition) is 4. The van der Waals surface area contributed by atoms with Crippen LogP contribution in [0.4, 0.5) is 23.2 Å². The number of nitrogen functional groups attached to an aromatic ring is 1. The Balaban J connectivity index is 1.59. The Hall–Kier alpha value is -5.16. The summed E-state index contributed by atoms with van der Waals surface area (Å²) in [6, 6.07) is 15.3. The molecule has 0 fully saturated rings. The highest BCUT2D eigenvalue weighted by Gasteiger charge is 2.50. The number of nitrogens with one attached hydrogen (secondary N) is 3. The largest absolute Gasteiger partial charge is 0.502 e. The number of nitrogens with two attached hydrogens (primary N) is 1. The monoisotopic (exact) mass is 616 g/mol. The van der Waals surface area contributed by atoms with Crippen LogP contribution in [0.3, 0.4) is 0 Å². The van der Waals surface area contributed by atoms with Crippen LogP contribution < -0.4 is 16.5 Å². The van der Waals surface area contributed by atoms with Crippen molar-refractivity contribution in [3.8, 4) is 11.1 Å². The maximum atomic E-state index is 15.8. The molecule has 0 saturated heterocycles. The minimum absolute atomic E-state index is 0.000877. The molecule has 1 unspecified atom stereocenters. The van der Waals surface area contributed by atoms with Gasteiger partial charge in [0.15, 0.2) is 5.82 Å². The van der Waals surface area contributed by atoms with Crippen molar-refractivity contribution in [1.29, 1.82) is 5.41 Å². The first-order valence-corrected chi connectivity index (χ1v) is 13.6. The Morgan fingerprint density at radius 3 is 2.47 bits per heavy atom. The molecule has 1 aliphatic rings. The van der Waals surface area contributed by atoms with E-state index in [0.717, 1.165) is 23.1 Å². The van der Waals surface area contributed by atoms with Crippen LogP contribution in [0.15, 0.2) is 84.0 Å². The molecule has 43 heavy (non-hydrogen) atoms. The van der Waals surface area contributed by atoms with E-state index < -0.39 is 55.4 Å². The van der Waals surface area contributed by atoms with E-state index in [0.29, 0.717) is 11.1 Å². The molecule has 12 nitrogen and oxygen atoms in total. The van der Waals surface area contributed by atoms with Gasteiger partial charge in [-0.05, 0) is 34.2 Å². The number of carbonyl (C=O) groups is 1. The number of halogens is 4. The maximum Gasteiger partial charge on any atom is 0.502 e. The fourth-order valence-corrected chi connectivity index (χ4v) is 5.35. The predicted molar refractivity (Wildman–Crippen MR) is 144 cm³/mol. The molecular weight excluding hydrogens is 596 g/mol. The summed E-state index contributed by atoms with van der Waals surface area (Å²) in [7, 11) is -6.22. The number of hydrogen-bond acceptors (Lipinski definition) is 9. The first-order chi connectivity index (χ1) is 20.3. The molecule has 5 rings (SSSR count). The number of nitrogens with zero attached hydrogens (tertiary/aromatic N) is 4. The lowest BCUT2D eigenvalue weighted by atomic mass is 9.98. The van der Waals surface area contributed by atoms with Crippen molar-refractivity contribution in [3.63, 3.8) is 0 Å². The van der Waals surface area contributed by atoms with E-state index in [2.05, 4.69) is 26.3 Å². The maximum absolute atomic E-state index is 15.8. The molecule has 5 N–H and O–H groups in total. The number of carbonyl (C=O) groups excluding carboxylic acids is 1. The van der Waals surface area contributed by atoms with Gasteiger partial charge in [-0.25, -0.2) is 17.5 Å². The van der Waals surface area contributed by atoms with Crippen molar-refractivity contribution < 1.29 is 35.6 Å². The summed E-state index contributed by atoms with van der Waals surface area (Å²) in [6.07, 6.45) is 2.46. The van der Waals surface area contributed by atoms with Gasteiger partial charge in [0.05, 0.1) is 17.9 Å². The molecule has 1 atom stereocenters. The SMILES string of the molecule is N=C(N)c1cccc(C2=CC(Cn3cnnn3)(C(=O)Nc3ccc(-c4ccccc4)c(S(=O)(=O)C(F)(F)F)c3F)ON2)c1. The zero-order valence-electron chi connectivity index (χ0n) is 21.6. The number of amidine groups is 1. The minimum atomic E-state index is -6.22. The van der Waals surface area contributed by atoms with Crippen LogP contribution in [0.5, 0.6) is 0 Å². The van der Waals surface area contributed by atoms with Crippen molar-refractivity contribution in [2.75, 3.05) is 5.32 Å². The zero-order valence-corrected chi connectivity index (χ0v) is 22.4. The quantitative estimate of drug-likeness (QED) is 0.132. The van der Waals surface area contributed by atoms with E-state index in [1.165, 1.54) is 36.4 Å². The molecular formula is C26H20F4N8O4S. The lowest BCUT2D eigenvalue weighted by Gasteiger charge is -2.24. The summed E-state index contributed by atoms with van der Waals surface area (Å²) < 4.78 is 83.0. The van der Waals surface area contributed by atoms with Crippen LogP contribution >= 0.6 is 0 Å². The molecule has 0 radical (unpaired) electrons. The topological polar surface area (TPSA) is 178 Å². The number of alkyl halides is 3. The van der Waals surface area contributed by atoms with Crippen LogP contribution in [0.1, 0.15) is 11.1 Å². The third-order valence-corrected chi connectivity index (χ3v) is 7.93.